The van der Waals surface area contributed by atoms with E-state index in [-0.39, 0.29) is 11.1 Å². The fraction of sp³-hybridized carbons (Fsp3) is 0.222. The van der Waals surface area contributed by atoms with Gasteiger partial charge in [-0.2, -0.15) is 4.73 Å². The molecule has 6 nitrogen and oxygen atoms in total. The predicted molar refractivity (Wildman–Crippen MR) is 48.1 cm³/mol. The van der Waals surface area contributed by atoms with Gasteiger partial charge < -0.3 is 14.7 Å². The molecule has 0 atom stereocenters. The Morgan fingerprint density at radius 2 is 1.73 bits per heavy atom. The van der Waals surface area contributed by atoms with Gasteiger partial charge in [-0.3, -0.25) is 0 Å². The monoisotopic (exact) mass is 211 g/mol. The van der Waals surface area contributed by atoms with Gasteiger partial charge in [0.25, 0.3) is 0 Å². The topological polar surface area (TPSA) is 79.5 Å². The quantitative estimate of drug-likeness (QED) is 0.387. The van der Waals surface area contributed by atoms with Crippen molar-refractivity contribution in [3.63, 3.8) is 0 Å². The molecule has 0 fully saturated rings. The molecule has 0 aliphatic carbocycles. The average molecular weight is 211 g/mol. The van der Waals surface area contributed by atoms with Crippen molar-refractivity contribution in [2.24, 2.45) is 0 Å². The van der Waals surface area contributed by atoms with Gasteiger partial charge in [0.05, 0.1) is 19.8 Å². The van der Waals surface area contributed by atoms with E-state index in [0.717, 1.165) is 19.5 Å². The molecule has 1 aromatic rings. The van der Waals surface area contributed by atoms with Crippen LogP contribution >= 0.6 is 0 Å². The second-order valence-electron chi connectivity index (χ2n) is 2.62. The number of esters is 2. The van der Waals surface area contributed by atoms with Crippen molar-refractivity contribution in [2.45, 2.75) is 0 Å². The van der Waals surface area contributed by atoms with Crippen LogP contribution in [-0.2, 0) is 9.47 Å². The van der Waals surface area contributed by atoms with Crippen LogP contribution in [0.5, 0.6) is 0 Å². The number of pyridine rings is 1. The zero-order chi connectivity index (χ0) is 11.4. The molecule has 0 spiro atoms. The van der Waals surface area contributed by atoms with Crippen molar-refractivity contribution < 1.29 is 23.8 Å². The van der Waals surface area contributed by atoms with Crippen LogP contribution in [-0.4, -0.2) is 26.2 Å². The van der Waals surface area contributed by atoms with Gasteiger partial charge in [-0.15, -0.1) is 0 Å². The third-order valence-corrected chi connectivity index (χ3v) is 1.75. The standard InChI is InChI=1S/C9H9NO5/c1-14-8(11)6-3-4-10(13)5-7(6)9(12)15-2/h3-5H,1-2H3. The third kappa shape index (κ3) is 2.22. The summed E-state index contributed by atoms with van der Waals surface area (Å²) in [5.74, 6) is -1.46. The molecule has 0 bridgehead atoms. The number of rotatable bonds is 2. The van der Waals surface area contributed by atoms with E-state index >= 15 is 0 Å². The molecule has 0 saturated carbocycles. The minimum absolute atomic E-state index is 0.00329. The smallest absolute Gasteiger partial charge is 0.344 e. The third-order valence-electron chi connectivity index (χ3n) is 1.75. The summed E-state index contributed by atoms with van der Waals surface area (Å²) in [5.41, 5.74) is -0.127. The number of nitrogens with zero attached hydrogens (tertiary/aromatic N) is 1. The van der Waals surface area contributed by atoms with Gasteiger partial charge in [-0.25, -0.2) is 9.59 Å². The minimum atomic E-state index is -0.763. The van der Waals surface area contributed by atoms with Crippen LogP contribution in [0, 0.1) is 5.21 Å². The molecule has 80 valence electrons. The summed E-state index contributed by atoms with van der Waals surface area (Å²) in [7, 11) is 2.34. The Bertz CT molecular complexity index is 401. The van der Waals surface area contributed by atoms with Gasteiger partial charge >= 0.3 is 11.9 Å². The highest BCUT2D eigenvalue weighted by molar-refractivity contribution is 6.02. The molecule has 0 aliphatic rings. The lowest BCUT2D eigenvalue weighted by molar-refractivity contribution is -0.605. The molecule has 0 aliphatic heterocycles. The van der Waals surface area contributed by atoms with Crippen molar-refractivity contribution in [2.75, 3.05) is 14.2 Å². The van der Waals surface area contributed by atoms with E-state index in [1.54, 1.807) is 0 Å². The Kier molecular flexibility index (Phi) is 3.22. The Hall–Kier alpha value is -2.11. The van der Waals surface area contributed by atoms with Crippen molar-refractivity contribution in [1.82, 2.24) is 0 Å². The van der Waals surface area contributed by atoms with Crippen LogP contribution in [0.4, 0.5) is 0 Å². The zero-order valence-corrected chi connectivity index (χ0v) is 8.22. The van der Waals surface area contributed by atoms with Gasteiger partial charge in [0.1, 0.15) is 5.56 Å². The number of carbonyl (C=O) groups is 2. The fourth-order valence-corrected chi connectivity index (χ4v) is 1.04. The molecule has 6 heteroatoms. The van der Waals surface area contributed by atoms with E-state index in [2.05, 4.69) is 9.47 Å². The first-order valence-electron chi connectivity index (χ1n) is 3.99. The van der Waals surface area contributed by atoms with Crippen LogP contribution < -0.4 is 4.73 Å². The first-order chi connectivity index (χ1) is 7.10. The molecular formula is C9H9NO5. The first kappa shape index (κ1) is 11.0. The molecule has 0 saturated heterocycles. The van der Waals surface area contributed by atoms with E-state index in [9.17, 15) is 14.8 Å². The Labute approximate surface area is 85.6 Å². The molecule has 0 radical (unpaired) electrons. The molecule has 0 unspecified atom stereocenters. The normalized spacial score (nSPS) is 9.47. The van der Waals surface area contributed by atoms with Crippen LogP contribution in [0.2, 0.25) is 0 Å². The second kappa shape index (κ2) is 4.41. The summed E-state index contributed by atoms with van der Waals surface area (Å²) in [4.78, 5) is 22.4. The molecule has 0 aromatic carbocycles. The molecule has 1 rings (SSSR count). The summed E-state index contributed by atoms with van der Waals surface area (Å²) in [6, 6.07) is 1.20. The van der Waals surface area contributed by atoms with Gasteiger partial charge in [-0.1, -0.05) is 0 Å². The maximum Gasteiger partial charge on any atom is 0.344 e. The Morgan fingerprint density at radius 3 is 2.27 bits per heavy atom. The Balaban J connectivity index is 3.26. The first-order valence-corrected chi connectivity index (χ1v) is 3.99. The van der Waals surface area contributed by atoms with Crippen LogP contribution in [0.15, 0.2) is 18.5 Å². The van der Waals surface area contributed by atoms with Crippen molar-refractivity contribution in [3.8, 4) is 0 Å². The highest BCUT2D eigenvalue weighted by atomic mass is 16.5. The number of carbonyl (C=O) groups excluding carboxylic acids is 2. The lowest BCUT2D eigenvalue weighted by Gasteiger charge is -2.05. The summed E-state index contributed by atoms with van der Waals surface area (Å²) in [5, 5.41) is 10.9. The van der Waals surface area contributed by atoms with E-state index < -0.39 is 11.9 Å². The number of aromatic nitrogens is 1. The largest absolute Gasteiger partial charge is 0.619 e. The van der Waals surface area contributed by atoms with E-state index in [4.69, 9.17) is 0 Å². The van der Waals surface area contributed by atoms with Gasteiger partial charge in [0.15, 0.2) is 12.4 Å². The predicted octanol–water partition coefficient (Wildman–Crippen LogP) is -0.107. The van der Waals surface area contributed by atoms with Gasteiger partial charge in [0, 0.05) is 6.07 Å². The van der Waals surface area contributed by atoms with Gasteiger partial charge in [-0.05, 0) is 0 Å². The van der Waals surface area contributed by atoms with Crippen molar-refractivity contribution in [3.05, 3.63) is 34.8 Å². The second-order valence-corrected chi connectivity index (χ2v) is 2.62. The number of hydrogen-bond donors (Lipinski definition) is 0. The van der Waals surface area contributed by atoms with Crippen molar-refractivity contribution in [1.29, 1.82) is 0 Å². The lowest BCUT2D eigenvalue weighted by Crippen LogP contribution is -2.28. The zero-order valence-electron chi connectivity index (χ0n) is 8.22. The van der Waals surface area contributed by atoms with Crippen LogP contribution in [0.25, 0.3) is 0 Å². The highest BCUT2D eigenvalue weighted by Crippen LogP contribution is 2.08. The maximum absolute atomic E-state index is 11.2. The number of methoxy groups -OCH3 is 2. The lowest BCUT2D eigenvalue weighted by atomic mass is 10.1. The molecule has 0 N–H and O–H groups in total. The highest BCUT2D eigenvalue weighted by Gasteiger charge is 2.21. The molecule has 0 amide bonds. The summed E-state index contributed by atoms with van der Waals surface area (Å²) in [6.07, 6.45) is 2.05. The molecule has 1 heterocycles. The van der Waals surface area contributed by atoms with E-state index in [1.165, 1.54) is 13.2 Å². The minimum Gasteiger partial charge on any atom is -0.619 e. The summed E-state index contributed by atoms with van der Waals surface area (Å²) < 4.78 is 9.28. The van der Waals surface area contributed by atoms with Crippen LogP contribution in [0.1, 0.15) is 20.7 Å². The van der Waals surface area contributed by atoms with E-state index in [1.807, 2.05) is 0 Å². The molecular weight excluding hydrogens is 202 g/mol. The fourth-order valence-electron chi connectivity index (χ4n) is 1.04. The summed E-state index contributed by atoms with van der Waals surface area (Å²) >= 11 is 0. The molecule has 15 heavy (non-hydrogen) atoms. The number of ether oxygens (including phenoxy) is 2. The summed E-state index contributed by atoms with van der Waals surface area (Å²) in [6.45, 7) is 0. The van der Waals surface area contributed by atoms with Crippen LogP contribution in [0.3, 0.4) is 0 Å². The Morgan fingerprint density at radius 1 is 1.20 bits per heavy atom. The number of hydrogen-bond acceptors (Lipinski definition) is 5. The van der Waals surface area contributed by atoms with Crippen molar-refractivity contribution >= 4 is 11.9 Å². The van der Waals surface area contributed by atoms with Gasteiger partial charge in [0.2, 0.25) is 0 Å². The molecule has 1 aromatic heterocycles. The average Bonchev–Trinajstić information content (AvgIpc) is 2.26. The van der Waals surface area contributed by atoms with E-state index in [0.29, 0.717) is 4.73 Å². The maximum atomic E-state index is 11.2. The SMILES string of the molecule is COC(=O)c1cc[n+]([O-])cc1C(=O)OC.